The van der Waals surface area contributed by atoms with Crippen molar-refractivity contribution in [3.8, 4) is 0 Å². The summed E-state index contributed by atoms with van der Waals surface area (Å²) in [6.07, 6.45) is 1.54. The van der Waals surface area contributed by atoms with Crippen LogP contribution in [-0.2, 0) is 14.3 Å². The Morgan fingerprint density at radius 2 is 1.41 bits per heavy atom. The van der Waals surface area contributed by atoms with Crippen LogP contribution in [0.1, 0.15) is 45.9 Å². The maximum Gasteiger partial charge on any atom is 0.331 e. The molecule has 0 aliphatic heterocycles. The number of carbonyl (C=O) groups excluding carboxylic acids is 2. The molecule has 0 unspecified atom stereocenters. The number of ether oxygens (including phenoxy) is 1. The third-order valence-electron chi connectivity index (χ3n) is 5.02. The quantitative estimate of drug-likeness (QED) is 0.626. The molecule has 27 heavy (non-hydrogen) atoms. The number of hydrogen-bond acceptors (Lipinski definition) is 3. The third kappa shape index (κ3) is 4.27. The Bertz CT molecular complexity index is 893. The number of aryl methyl sites for hydroxylation is 1. The van der Waals surface area contributed by atoms with Gasteiger partial charge in [0.25, 0.3) is 0 Å². The van der Waals surface area contributed by atoms with E-state index in [1.54, 1.807) is 0 Å². The standard InChI is InChI=1S/C23H27NO3/c1-13-8-10-19(11-9-13)20(12-21(26)27-7)22-14(2)16(4)23(24-18(6)25)17(5)15(22)3/h8-12H,1-7H3,(H,24,25)/b20-12+. The SMILES string of the molecule is COC(=O)/C=C(\c1ccc(C)cc1)c1c(C)c(C)c(NC(C)=O)c(C)c1C. The van der Waals surface area contributed by atoms with Gasteiger partial charge in [-0.2, -0.15) is 0 Å². The summed E-state index contributed by atoms with van der Waals surface area (Å²) in [6.45, 7) is 11.5. The fourth-order valence-electron chi connectivity index (χ4n) is 3.29. The van der Waals surface area contributed by atoms with Gasteiger partial charge < -0.3 is 10.1 Å². The van der Waals surface area contributed by atoms with Gasteiger partial charge in [0.05, 0.1) is 7.11 Å². The van der Waals surface area contributed by atoms with Crippen molar-refractivity contribution >= 4 is 23.1 Å². The molecule has 0 saturated carbocycles. The van der Waals surface area contributed by atoms with E-state index in [4.69, 9.17) is 4.74 Å². The summed E-state index contributed by atoms with van der Waals surface area (Å²) in [5, 5.41) is 2.94. The molecule has 4 heteroatoms. The molecule has 0 heterocycles. The first-order valence-electron chi connectivity index (χ1n) is 8.92. The molecule has 0 aromatic heterocycles. The second-order valence-corrected chi connectivity index (χ2v) is 6.88. The van der Waals surface area contributed by atoms with E-state index in [1.165, 1.54) is 20.1 Å². The summed E-state index contributed by atoms with van der Waals surface area (Å²) in [5.41, 5.74) is 8.78. The number of benzene rings is 2. The summed E-state index contributed by atoms with van der Waals surface area (Å²) in [6, 6.07) is 8.07. The lowest BCUT2D eigenvalue weighted by atomic mass is 9.85. The molecule has 0 aliphatic rings. The Kier molecular flexibility index (Phi) is 6.21. The van der Waals surface area contributed by atoms with Crippen molar-refractivity contribution in [1.82, 2.24) is 0 Å². The minimum Gasteiger partial charge on any atom is -0.466 e. The van der Waals surface area contributed by atoms with Gasteiger partial charge in [-0.25, -0.2) is 4.79 Å². The summed E-state index contributed by atoms with van der Waals surface area (Å²) < 4.78 is 4.89. The molecule has 0 spiro atoms. The Labute approximate surface area is 161 Å². The first-order chi connectivity index (χ1) is 12.7. The zero-order valence-electron chi connectivity index (χ0n) is 17.1. The second-order valence-electron chi connectivity index (χ2n) is 6.88. The molecular weight excluding hydrogens is 338 g/mol. The average molecular weight is 365 g/mol. The predicted molar refractivity (Wildman–Crippen MR) is 110 cm³/mol. The van der Waals surface area contributed by atoms with Crippen LogP contribution in [0.15, 0.2) is 30.3 Å². The molecule has 4 nitrogen and oxygen atoms in total. The molecule has 2 rings (SSSR count). The second kappa shape index (κ2) is 8.21. The van der Waals surface area contributed by atoms with E-state index in [9.17, 15) is 9.59 Å². The van der Waals surface area contributed by atoms with Crippen molar-refractivity contribution in [1.29, 1.82) is 0 Å². The van der Waals surface area contributed by atoms with E-state index in [2.05, 4.69) is 5.32 Å². The minimum absolute atomic E-state index is 0.100. The van der Waals surface area contributed by atoms with Crippen LogP contribution >= 0.6 is 0 Å². The fraction of sp³-hybridized carbons (Fsp3) is 0.304. The summed E-state index contributed by atoms with van der Waals surface area (Å²) in [4.78, 5) is 23.7. The van der Waals surface area contributed by atoms with E-state index < -0.39 is 5.97 Å². The summed E-state index contributed by atoms with van der Waals surface area (Å²) in [5.74, 6) is -0.498. The smallest absolute Gasteiger partial charge is 0.331 e. The van der Waals surface area contributed by atoms with Gasteiger partial charge in [-0.3, -0.25) is 4.79 Å². The molecular formula is C23H27NO3. The van der Waals surface area contributed by atoms with Crippen LogP contribution in [0.2, 0.25) is 0 Å². The van der Waals surface area contributed by atoms with E-state index in [0.717, 1.165) is 50.2 Å². The molecule has 2 aromatic rings. The molecule has 0 atom stereocenters. The number of nitrogens with one attached hydrogen (secondary N) is 1. The van der Waals surface area contributed by atoms with Crippen molar-refractivity contribution in [2.24, 2.45) is 0 Å². The average Bonchev–Trinajstić information content (AvgIpc) is 2.63. The lowest BCUT2D eigenvalue weighted by molar-refractivity contribution is -0.134. The monoisotopic (exact) mass is 365 g/mol. The van der Waals surface area contributed by atoms with Crippen LogP contribution in [0.25, 0.3) is 5.57 Å². The number of anilines is 1. The van der Waals surface area contributed by atoms with Gasteiger partial charge in [0.15, 0.2) is 0 Å². The van der Waals surface area contributed by atoms with E-state index in [1.807, 2.05) is 58.9 Å². The zero-order chi connectivity index (χ0) is 20.3. The summed E-state index contributed by atoms with van der Waals surface area (Å²) in [7, 11) is 1.38. The minimum atomic E-state index is -0.398. The highest BCUT2D eigenvalue weighted by atomic mass is 16.5. The van der Waals surface area contributed by atoms with E-state index in [0.29, 0.717) is 0 Å². The van der Waals surface area contributed by atoms with Gasteiger partial charge in [-0.15, -0.1) is 0 Å². The van der Waals surface area contributed by atoms with Gasteiger partial charge in [-0.05, 0) is 73.6 Å². The molecule has 142 valence electrons. The molecule has 0 fully saturated rings. The Hall–Kier alpha value is -2.88. The summed E-state index contributed by atoms with van der Waals surface area (Å²) >= 11 is 0. The van der Waals surface area contributed by atoms with Crippen LogP contribution < -0.4 is 5.32 Å². The number of carbonyl (C=O) groups is 2. The molecule has 0 saturated heterocycles. The van der Waals surface area contributed by atoms with Crippen molar-refractivity contribution < 1.29 is 14.3 Å². The van der Waals surface area contributed by atoms with Crippen LogP contribution in [-0.4, -0.2) is 19.0 Å². The Morgan fingerprint density at radius 3 is 1.85 bits per heavy atom. The maximum absolute atomic E-state index is 12.1. The maximum atomic E-state index is 12.1. The van der Waals surface area contributed by atoms with Gasteiger partial charge in [0.2, 0.25) is 5.91 Å². The zero-order valence-corrected chi connectivity index (χ0v) is 17.1. The molecule has 1 N–H and O–H groups in total. The number of methoxy groups -OCH3 is 1. The molecule has 0 radical (unpaired) electrons. The van der Waals surface area contributed by atoms with Gasteiger partial charge >= 0.3 is 5.97 Å². The van der Waals surface area contributed by atoms with Crippen molar-refractivity contribution in [3.05, 3.63) is 69.3 Å². The van der Waals surface area contributed by atoms with E-state index >= 15 is 0 Å². The highest BCUT2D eigenvalue weighted by molar-refractivity contribution is 5.99. The van der Waals surface area contributed by atoms with Crippen molar-refractivity contribution in [2.45, 2.75) is 41.5 Å². The van der Waals surface area contributed by atoms with Crippen molar-refractivity contribution in [3.63, 3.8) is 0 Å². The number of amides is 1. The van der Waals surface area contributed by atoms with Crippen molar-refractivity contribution in [2.75, 3.05) is 12.4 Å². The van der Waals surface area contributed by atoms with Crippen LogP contribution in [0.5, 0.6) is 0 Å². The largest absolute Gasteiger partial charge is 0.466 e. The first kappa shape index (κ1) is 20.4. The van der Waals surface area contributed by atoms with Crippen LogP contribution in [0, 0.1) is 34.6 Å². The lowest BCUT2D eigenvalue weighted by Crippen LogP contribution is -2.12. The normalized spacial score (nSPS) is 11.3. The third-order valence-corrected chi connectivity index (χ3v) is 5.02. The number of rotatable bonds is 4. The molecule has 0 aliphatic carbocycles. The highest BCUT2D eigenvalue weighted by Crippen LogP contribution is 2.37. The van der Waals surface area contributed by atoms with E-state index in [-0.39, 0.29) is 5.91 Å². The Balaban J connectivity index is 2.80. The first-order valence-corrected chi connectivity index (χ1v) is 8.92. The molecule has 2 aromatic carbocycles. The number of hydrogen-bond donors (Lipinski definition) is 1. The van der Waals surface area contributed by atoms with Crippen LogP contribution in [0.4, 0.5) is 5.69 Å². The number of esters is 1. The Morgan fingerprint density at radius 1 is 0.889 bits per heavy atom. The van der Waals surface area contributed by atoms with Crippen LogP contribution in [0.3, 0.4) is 0 Å². The van der Waals surface area contributed by atoms with Gasteiger partial charge in [-0.1, -0.05) is 29.8 Å². The topological polar surface area (TPSA) is 55.4 Å². The fourth-order valence-corrected chi connectivity index (χ4v) is 3.29. The van der Waals surface area contributed by atoms with Gasteiger partial charge in [0.1, 0.15) is 0 Å². The molecule has 0 bridgehead atoms. The highest BCUT2D eigenvalue weighted by Gasteiger charge is 2.20. The van der Waals surface area contributed by atoms with Gasteiger partial charge in [0, 0.05) is 18.7 Å². The molecule has 1 amide bonds. The predicted octanol–water partition coefficient (Wildman–Crippen LogP) is 4.79. The lowest BCUT2D eigenvalue weighted by Gasteiger charge is -2.22.